The molecular weight excluding hydrogens is 494 g/mol. The number of carbonyl (C=O) groups is 4. The van der Waals surface area contributed by atoms with Gasteiger partial charge in [0.05, 0.1) is 6.04 Å². The molecule has 10 nitrogen and oxygen atoms in total. The van der Waals surface area contributed by atoms with Crippen molar-refractivity contribution in [3.8, 4) is 0 Å². The molecule has 4 unspecified atom stereocenters. The Kier molecular flexibility index (Phi) is 9.99. The lowest BCUT2D eigenvalue weighted by atomic mass is 10.0. The predicted molar refractivity (Wildman–Crippen MR) is 144 cm³/mol. The predicted octanol–water partition coefficient (Wildman–Crippen LogP) is 1.49. The molecule has 2 aromatic rings. The van der Waals surface area contributed by atoms with Crippen molar-refractivity contribution in [3.05, 3.63) is 36.0 Å². The molecule has 1 fully saturated rings. The van der Waals surface area contributed by atoms with Gasteiger partial charge in [0.1, 0.15) is 18.1 Å². The largest absolute Gasteiger partial charge is 0.480 e. The minimum absolute atomic E-state index is 0.153. The number of nitrogens with two attached hydrogens (primary N) is 1. The molecule has 1 saturated heterocycles. The summed E-state index contributed by atoms with van der Waals surface area (Å²) in [5.74, 6) is -2.06. The summed E-state index contributed by atoms with van der Waals surface area (Å²) in [7, 11) is 0. The SMILES string of the molecule is CSCCC(N)C(=O)N1CCCC1C(=O)NC(Cc1c[nH]c2ccccc12)C(=O)NC(C(=O)O)C(C)C. The molecule has 37 heavy (non-hydrogen) atoms. The van der Waals surface area contributed by atoms with Crippen molar-refractivity contribution in [1.29, 1.82) is 0 Å². The summed E-state index contributed by atoms with van der Waals surface area (Å²) >= 11 is 1.60. The van der Waals surface area contributed by atoms with Crippen LogP contribution in [0.15, 0.2) is 30.5 Å². The third kappa shape index (κ3) is 7.04. The van der Waals surface area contributed by atoms with E-state index in [-0.39, 0.29) is 18.2 Å². The van der Waals surface area contributed by atoms with Gasteiger partial charge in [-0.3, -0.25) is 14.4 Å². The molecule has 0 spiro atoms. The molecule has 3 rings (SSSR count). The van der Waals surface area contributed by atoms with Gasteiger partial charge in [-0.1, -0.05) is 32.0 Å². The zero-order chi connectivity index (χ0) is 27.1. The number of aromatic amines is 1. The van der Waals surface area contributed by atoms with E-state index in [0.717, 1.165) is 22.2 Å². The Hall–Kier alpha value is -3.05. The number of para-hydroxylation sites is 1. The van der Waals surface area contributed by atoms with Crippen LogP contribution >= 0.6 is 11.8 Å². The van der Waals surface area contributed by atoms with Crippen LogP contribution in [-0.4, -0.2) is 81.4 Å². The summed E-state index contributed by atoms with van der Waals surface area (Å²) in [4.78, 5) is 56.1. The average molecular weight is 532 g/mol. The summed E-state index contributed by atoms with van der Waals surface area (Å²) in [6.45, 7) is 3.83. The summed E-state index contributed by atoms with van der Waals surface area (Å²) in [5.41, 5.74) is 7.79. The number of H-pyrrole nitrogens is 1. The number of hydrogen-bond acceptors (Lipinski definition) is 6. The van der Waals surface area contributed by atoms with Crippen molar-refractivity contribution in [1.82, 2.24) is 20.5 Å². The maximum atomic E-state index is 13.4. The molecule has 6 N–H and O–H groups in total. The van der Waals surface area contributed by atoms with E-state index in [1.807, 2.05) is 30.5 Å². The number of benzene rings is 1. The Morgan fingerprint density at radius 1 is 1.22 bits per heavy atom. The lowest BCUT2D eigenvalue weighted by molar-refractivity contribution is -0.144. The lowest BCUT2D eigenvalue weighted by Gasteiger charge is -2.29. The van der Waals surface area contributed by atoms with Gasteiger partial charge in [-0.2, -0.15) is 11.8 Å². The normalized spacial score (nSPS) is 18.0. The highest BCUT2D eigenvalue weighted by Crippen LogP contribution is 2.22. The van der Waals surface area contributed by atoms with Crippen LogP contribution in [0.1, 0.15) is 38.7 Å². The van der Waals surface area contributed by atoms with E-state index in [9.17, 15) is 24.3 Å². The minimum Gasteiger partial charge on any atom is -0.480 e. The van der Waals surface area contributed by atoms with Gasteiger partial charge in [0.2, 0.25) is 17.7 Å². The maximum Gasteiger partial charge on any atom is 0.326 e. The fourth-order valence-electron chi connectivity index (χ4n) is 4.65. The number of carboxylic acids is 1. The molecule has 1 aromatic carbocycles. The zero-order valence-corrected chi connectivity index (χ0v) is 22.3. The number of amides is 3. The Balaban J connectivity index is 1.81. The van der Waals surface area contributed by atoms with Gasteiger partial charge in [0.15, 0.2) is 0 Å². The minimum atomic E-state index is -1.15. The molecule has 1 aliphatic heterocycles. The van der Waals surface area contributed by atoms with Gasteiger partial charge in [0.25, 0.3) is 0 Å². The molecule has 2 heterocycles. The van der Waals surface area contributed by atoms with Crippen LogP contribution in [-0.2, 0) is 25.6 Å². The van der Waals surface area contributed by atoms with Gasteiger partial charge in [-0.05, 0) is 48.8 Å². The molecule has 202 valence electrons. The van der Waals surface area contributed by atoms with Crippen LogP contribution in [0.2, 0.25) is 0 Å². The van der Waals surface area contributed by atoms with E-state index in [4.69, 9.17) is 5.73 Å². The number of carboxylic acid groups (broad SMARTS) is 1. The third-order valence-corrected chi connectivity index (χ3v) is 7.40. The van der Waals surface area contributed by atoms with Gasteiger partial charge in [0, 0.05) is 30.1 Å². The van der Waals surface area contributed by atoms with Gasteiger partial charge in [-0.15, -0.1) is 0 Å². The molecule has 1 aliphatic rings. The van der Waals surface area contributed by atoms with Gasteiger partial charge >= 0.3 is 5.97 Å². The smallest absolute Gasteiger partial charge is 0.326 e. The van der Waals surface area contributed by atoms with E-state index in [1.54, 1.807) is 31.8 Å². The Morgan fingerprint density at radius 3 is 2.62 bits per heavy atom. The first-order valence-electron chi connectivity index (χ1n) is 12.6. The highest BCUT2D eigenvalue weighted by atomic mass is 32.2. The summed E-state index contributed by atoms with van der Waals surface area (Å²) in [6, 6.07) is 4.05. The second kappa shape index (κ2) is 13.0. The fourth-order valence-corrected chi connectivity index (χ4v) is 5.14. The molecule has 0 bridgehead atoms. The molecule has 0 radical (unpaired) electrons. The van der Waals surface area contributed by atoms with Crippen molar-refractivity contribution in [2.24, 2.45) is 11.7 Å². The van der Waals surface area contributed by atoms with Crippen LogP contribution in [0.25, 0.3) is 10.9 Å². The van der Waals surface area contributed by atoms with Crippen molar-refractivity contribution in [2.45, 2.75) is 63.7 Å². The van der Waals surface area contributed by atoms with E-state index < -0.39 is 42.0 Å². The Morgan fingerprint density at radius 2 is 1.95 bits per heavy atom. The van der Waals surface area contributed by atoms with Gasteiger partial charge < -0.3 is 31.4 Å². The Bertz CT molecular complexity index is 1120. The molecule has 0 saturated carbocycles. The fraction of sp³-hybridized carbons (Fsp3) is 0.538. The quantitative estimate of drug-likeness (QED) is 0.278. The standard InChI is InChI=1S/C26H37N5O5S/c1-15(2)22(26(35)36)30-23(32)20(13-16-14-28-19-8-5-4-7-17(16)19)29-24(33)21-9-6-11-31(21)25(34)18(27)10-12-37-3/h4-5,7-8,14-15,18,20-22,28H,6,9-13,27H2,1-3H3,(H,29,33)(H,30,32)(H,35,36). The Labute approximate surface area is 221 Å². The summed E-state index contributed by atoms with van der Waals surface area (Å²) in [5, 5.41) is 15.9. The van der Waals surface area contributed by atoms with Crippen LogP contribution in [0.3, 0.4) is 0 Å². The van der Waals surface area contributed by atoms with Crippen molar-refractivity contribution in [3.63, 3.8) is 0 Å². The first kappa shape index (κ1) is 28.5. The number of aliphatic carboxylic acids is 1. The lowest BCUT2D eigenvalue weighted by Crippen LogP contribution is -2.57. The number of thioether (sulfide) groups is 1. The van der Waals surface area contributed by atoms with E-state index >= 15 is 0 Å². The zero-order valence-electron chi connectivity index (χ0n) is 21.5. The molecule has 1 aromatic heterocycles. The number of hydrogen-bond donors (Lipinski definition) is 5. The topological polar surface area (TPSA) is 158 Å². The molecule has 0 aliphatic carbocycles. The molecule has 4 atom stereocenters. The van der Waals surface area contributed by atoms with Crippen LogP contribution in [0.4, 0.5) is 0 Å². The van der Waals surface area contributed by atoms with Crippen LogP contribution < -0.4 is 16.4 Å². The van der Waals surface area contributed by atoms with E-state index in [1.165, 1.54) is 4.90 Å². The van der Waals surface area contributed by atoms with Crippen LogP contribution in [0.5, 0.6) is 0 Å². The monoisotopic (exact) mass is 531 g/mol. The van der Waals surface area contributed by atoms with Crippen molar-refractivity contribution >= 4 is 46.4 Å². The number of aromatic nitrogens is 1. The number of likely N-dealkylation sites (tertiary alicyclic amines) is 1. The first-order chi connectivity index (χ1) is 17.6. The number of nitrogens with zero attached hydrogens (tertiary/aromatic N) is 1. The average Bonchev–Trinajstić information content (AvgIpc) is 3.52. The van der Waals surface area contributed by atoms with Crippen molar-refractivity contribution in [2.75, 3.05) is 18.6 Å². The van der Waals surface area contributed by atoms with Crippen LogP contribution in [0, 0.1) is 5.92 Å². The highest BCUT2D eigenvalue weighted by molar-refractivity contribution is 7.98. The number of nitrogens with one attached hydrogen (secondary N) is 3. The molecule has 11 heteroatoms. The number of rotatable bonds is 12. The second-order valence-corrected chi connectivity index (χ2v) is 10.8. The summed E-state index contributed by atoms with van der Waals surface area (Å²) < 4.78 is 0. The number of carbonyl (C=O) groups excluding carboxylic acids is 3. The van der Waals surface area contributed by atoms with Gasteiger partial charge in [-0.25, -0.2) is 4.79 Å². The molecule has 3 amide bonds. The van der Waals surface area contributed by atoms with E-state index in [2.05, 4.69) is 15.6 Å². The third-order valence-electron chi connectivity index (χ3n) is 6.75. The number of fused-ring (bicyclic) bond motifs is 1. The summed E-state index contributed by atoms with van der Waals surface area (Å²) in [6.07, 6.45) is 5.52. The van der Waals surface area contributed by atoms with E-state index in [0.29, 0.717) is 25.8 Å². The maximum absolute atomic E-state index is 13.4. The first-order valence-corrected chi connectivity index (χ1v) is 14.0. The highest BCUT2D eigenvalue weighted by Gasteiger charge is 2.38. The molecular formula is C26H37N5O5S. The second-order valence-electron chi connectivity index (χ2n) is 9.77. The van der Waals surface area contributed by atoms with Crippen molar-refractivity contribution < 1.29 is 24.3 Å².